The molecule has 0 nitrogen and oxygen atoms in total. The second-order valence-corrected chi connectivity index (χ2v) is 5.04. The molecule has 1 aromatic carbocycles. The quantitative estimate of drug-likeness (QED) is 0.478. The molecule has 0 spiro atoms. The summed E-state index contributed by atoms with van der Waals surface area (Å²) in [5.41, 5.74) is -0.525. The van der Waals surface area contributed by atoms with E-state index in [1.807, 2.05) is 0 Å². The Morgan fingerprint density at radius 1 is 1.20 bits per heavy atom. The van der Waals surface area contributed by atoms with Crippen LogP contribution in [-0.4, -0.2) is 21.9 Å². The van der Waals surface area contributed by atoms with Crippen molar-refractivity contribution in [3.63, 3.8) is 0 Å². The number of rotatable bonds is 4. The maximum Gasteiger partial charge on any atom is 1.00 e. The van der Waals surface area contributed by atoms with Crippen LogP contribution in [-0.2, 0) is 0 Å². The van der Waals surface area contributed by atoms with Gasteiger partial charge in [-0.15, -0.1) is 0 Å². The van der Waals surface area contributed by atoms with Crippen LogP contribution >= 0.6 is 0 Å². The molecule has 15 heavy (non-hydrogen) atoms. The molecule has 0 aliphatic heterocycles. The monoisotopic (exact) mass is 304 g/mol. The summed E-state index contributed by atoms with van der Waals surface area (Å²) in [5, 5.41) is 0.851. The molecule has 0 radical (unpaired) electrons. The van der Waals surface area contributed by atoms with Gasteiger partial charge in [0.25, 0.3) is 0 Å². The van der Waals surface area contributed by atoms with E-state index in [2.05, 4.69) is 6.58 Å². The van der Waals surface area contributed by atoms with Crippen LogP contribution in [0.15, 0.2) is 36.9 Å². The molecule has 0 unspecified atom stereocenters. The Labute approximate surface area is 136 Å². The Bertz CT molecular complexity index is 310. The van der Waals surface area contributed by atoms with Crippen molar-refractivity contribution in [1.29, 1.82) is 0 Å². The predicted octanol–water partition coefficient (Wildman–Crippen LogP) is -1.32. The molecule has 0 aliphatic carbocycles. The van der Waals surface area contributed by atoms with Crippen molar-refractivity contribution < 1.29 is 64.3 Å². The van der Waals surface area contributed by atoms with E-state index in [4.69, 9.17) is 0 Å². The fourth-order valence-electron chi connectivity index (χ4n) is 0.937. The average molecular weight is 303 g/mol. The summed E-state index contributed by atoms with van der Waals surface area (Å²) in [6, 6.07) is 5.41. The predicted molar refractivity (Wildman–Crippen MR) is 55.5 cm³/mol. The van der Waals surface area contributed by atoms with Crippen molar-refractivity contribution in [3.8, 4) is 0 Å². The van der Waals surface area contributed by atoms with Crippen LogP contribution in [0, 0.1) is 0 Å². The van der Waals surface area contributed by atoms with Gasteiger partial charge in [0.05, 0.1) is 0 Å². The number of benzene rings is 1. The van der Waals surface area contributed by atoms with Gasteiger partial charge in [0.15, 0.2) is 0 Å². The molecule has 0 aromatic heterocycles. The molecule has 0 aliphatic rings. The number of allylic oxidation sites excluding steroid dienone is 1. The Morgan fingerprint density at radius 3 is 2.13 bits per heavy atom. The molecule has 0 heterocycles. The first kappa shape index (κ1) is 16.0. The normalized spacial score (nSPS) is 10.6. The van der Waals surface area contributed by atoms with Gasteiger partial charge in [-0.2, -0.15) is 0 Å². The van der Waals surface area contributed by atoms with Crippen LogP contribution in [0.1, 0.15) is 0 Å². The van der Waals surface area contributed by atoms with Crippen molar-refractivity contribution in [2.75, 3.05) is 0 Å². The van der Waals surface area contributed by atoms with E-state index in [0.29, 0.717) is 0 Å². The first-order valence-electron chi connectivity index (χ1n) is 4.07. The van der Waals surface area contributed by atoms with Gasteiger partial charge in [-0.1, -0.05) is 0 Å². The minimum Gasteiger partial charge on any atom is 1.00 e. The van der Waals surface area contributed by atoms with E-state index in [9.17, 15) is 12.9 Å². The molecule has 76 valence electrons. The number of hydrogen-bond acceptors (Lipinski definition) is 0. The van der Waals surface area contributed by atoms with Crippen molar-refractivity contribution in [3.05, 3.63) is 36.9 Å². The van der Waals surface area contributed by atoms with Crippen LogP contribution in [0.5, 0.6) is 0 Å². The van der Waals surface area contributed by atoms with Gasteiger partial charge < -0.3 is 0 Å². The van der Waals surface area contributed by atoms with Crippen LogP contribution in [0.2, 0.25) is 5.32 Å². The zero-order valence-electron chi connectivity index (χ0n) is 8.42. The van der Waals surface area contributed by atoms with Gasteiger partial charge >= 0.3 is 138 Å². The maximum absolute atomic E-state index is 12.2. The van der Waals surface area contributed by atoms with Gasteiger partial charge in [0.1, 0.15) is 0 Å². The molecule has 6 heteroatoms. The molecule has 0 atom stereocenters. The largest absolute Gasteiger partial charge is 1.00 e. The van der Waals surface area contributed by atoms with Crippen LogP contribution in [0.3, 0.4) is 0 Å². The molecule has 1 rings (SSSR count). The fraction of sp³-hybridized carbons (Fsp3) is 0.111. The Hall–Kier alpha value is 0.971. The third-order valence-electron chi connectivity index (χ3n) is 1.63. The van der Waals surface area contributed by atoms with E-state index in [0.717, 1.165) is 21.9 Å². The van der Waals surface area contributed by atoms with Crippen molar-refractivity contribution >= 4 is 31.9 Å². The SMILES string of the molecule is C=CC[Se]c1ccc([B-](F)(F)F)cc1.[K+]. The average Bonchev–Trinajstić information content (AvgIpc) is 2.14. The van der Waals surface area contributed by atoms with Gasteiger partial charge in [-0.05, 0) is 0 Å². The molecule has 0 saturated heterocycles. The Balaban J connectivity index is 0.00000196. The summed E-state index contributed by atoms with van der Waals surface area (Å²) in [4.78, 5) is 0. The van der Waals surface area contributed by atoms with Gasteiger partial charge in [-0.3, -0.25) is 0 Å². The van der Waals surface area contributed by atoms with Crippen molar-refractivity contribution in [1.82, 2.24) is 0 Å². The van der Waals surface area contributed by atoms with Crippen LogP contribution in [0.4, 0.5) is 12.9 Å². The smallest absolute Gasteiger partial charge is 1.00 e. The first-order valence-corrected chi connectivity index (χ1v) is 6.14. The van der Waals surface area contributed by atoms with Gasteiger partial charge in [-0.25, -0.2) is 0 Å². The maximum atomic E-state index is 12.2. The minimum absolute atomic E-state index is 0. The third-order valence-corrected chi connectivity index (χ3v) is 3.74. The van der Waals surface area contributed by atoms with Crippen molar-refractivity contribution in [2.45, 2.75) is 5.32 Å². The summed E-state index contributed by atoms with van der Waals surface area (Å²) in [5.74, 6) is 0. The standard InChI is InChI=1S/C9H9BF3Se.K/c1-2-7-14-9-5-3-8(4-6-9)10(11,12)13;/h2-6H,1,7H2;/q-1;+1. The number of hydrogen-bond donors (Lipinski definition) is 0. The third kappa shape index (κ3) is 5.73. The fourth-order valence-corrected chi connectivity index (χ4v) is 2.28. The Morgan fingerprint density at radius 2 is 1.73 bits per heavy atom. The van der Waals surface area contributed by atoms with E-state index < -0.39 is 12.4 Å². The first-order chi connectivity index (χ1) is 6.54. The summed E-state index contributed by atoms with van der Waals surface area (Å²) < 4.78 is 37.6. The Kier molecular flexibility index (Phi) is 7.80. The molecule has 0 N–H and O–H groups in total. The van der Waals surface area contributed by atoms with Crippen LogP contribution < -0.4 is 61.3 Å². The topological polar surface area (TPSA) is 0 Å². The number of halogens is 3. The van der Waals surface area contributed by atoms with Crippen molar-refractivity contribution in [2.24, 2.45) is 0 Å². The van der Waals surface area contributed by atoms with E-state index in [-0.39, 0.29) is 66.3 Å². The van der Waals surface area contributed by atoms with E-state index >= 15 is 0 Å². The summed E-state index contributed by atoms with van der Waals surface area (Å²) in [6.07, 6.45) is 1.78. The minimum atomic E-state index is -4.85. The zero-order chi connectivity index (χ0) is 10.6. The van der Waals surface area contributed by atoms with Gasteiger partial charge in [0, 0.05) is 0 Å². The summed E-state index contributed by atoms with van der Waals surface area (Å²) in [7, 11) is 0. The molecule has 0 bridgehead atoms. The van der Waals surface area contributed by atoms with E-state index in [1.54, 1.807) is 18.2 Å². The molecule has 1 aromatic rings. The zero-order valence-corrected chi connectivity index (χ0v) is 13.3. The second kappa shape index (κ2) is 7.33. The van der Waals surface area contributed by atoms with Gasteiger partial charge in [0.2, 0.25) is 0 Å². The summed E-state index contributed by atoms with van der Waals surface area (Å²) >= 11 is 0.207. The molecular formula is C9H9BF3KSe. The van der Waals surface area contributed by atoms with E-state index in [1.165, 1.54) is 0 Å². The second-order valence-electron chi connectivity index (χ2n) is 2.74. The van der Waals surface area contributed by atoms with Crippen LogP contribution in [0.25, 0.3) is 0 Å². The summed E-state index contributed by atoms with van der Waals surface area (Å²) in [6.45, 7) is -1.28. The molecule has 0 amide bonds. The molecular weight excluding hydrogens is 294 g/mol. The molecule has 0 fully saturated rings. The molecule has 0 saturated carbocycles.